The molecule has 1 N–H and O–H groups in total. The third kappa shape index (κ3) is 4.35. The second-order valence-electron chi connectivity index (χ2n) is 7.31. The second kappa shape index (κ2) is 9.11. The number of amides is 1. The molecule has 1 amide bonds. The summed E-state index contributed by atoms with van der Waals surface area (Å²) in [5.74, 6) is -0.382. The fourth-order valence-corrected chi connectivity index (χ4v) is 3.87. The molecule has 4 rings (SSSR count). The highest BCUT2D eigenvalue weighted by molar-refractivity contribution is 6.08. The number of anilines is 1. The van der Waals surface area contributed by atoms with Crippen LogP contribution in [0.5, 0.6) is 5.75 Å². The van der Waals surface area contributed by atoms with Crippen molar-refractivity contribution in [3.63, 3.8) is 0 Å². The Bertz CT molecular complexity index is 951. The van der Waals surface area contributed by atoms with Gasteiger partial charge in [-0.3, -0.25) is 14.9 Å². The maximum absolute atomic E-state index is 12.8. The Morgan fingerprint density at radius 3 is 2.65 bits per heavy atom. The quantitative estimate of drug-likeness (QED) is 0.575. The predicted molar refractivity (Wildman–Crippen MR) is 114 cm³/mol. The third-order valence-electron chi connectivity index (χ3n) is 5.47. The summed E-state index contributed by atoms with van der Waals surface area (Å²) in [6, 6.07) is 10.6. The van der Waals surface area contributed by atoms with Gasteiger partial charge in [0.15, 0.2) is 5.92 Å². The van der Waals surface area contributed by atoms with Gasteiger partial charge in [-0.15, -0.1) is 0 Å². The minimum absolute atomic E-state index is 0.191. The Kier molecular flexibility index (Phi) is 6.11. The van der Waals surface area contributed by atoms with E-state index in [1.54, 1.807) is 26.2 Å². The molecule has 0 unspecified atom stereocenters. The zero-order chi connectivity index (χ0) is 21.8. The molecule has 2 atom stereocenters. The molecule has 9 nitrogen and oxygen atoms in total. The summed E-state index contributed by atoms with van der Waals surface area (Å²) in [6.07, 6.45) is 1.51. The van der Waals surface area contributed by atoms with Crippen molar-refractivity contribution < 1.29 is 23.5 Å². The van der Waals surface area contributed by atoms with Crippen LogP contribution >= 0.6 is 0 Å². The van der Waals surface area contributed by atoms with Gasteiger partial charge in [0.25, 0.3) is 0 Å². The Balaban J connectivity index is 1.51. The summed E-state index contributed by atoms with van der Waals surface area (Å²) in [5.41, 5.74) is 1.09. The standard InChI is InChI=1S/C22H26N4O5/c1-3-30-21(28)18-19(17-8-5-13-31-17)23-22(24-20(18)27)26-11-9-25(10-12-26)15-6-4-7-16(14-15)29-2/h4-8,13-14,18-19H,3,9-12H2,1-2H3,(H,23,24,27)/t18-,19-/m1/s1. The number of hydrogen-bond donors (Lipinski definition) is 1. The van der Waals surface area contributed by atoms with E-state index in [4.69, 9.17) is 13.9 Å². The minimum Gasteiger partial charge on any atom is -0.497 e. The van der Waals surface area contributed by atoms with E-state index in [1.807, 2.05) is 23.1 Å². The van der Waals surface area contributed by atoms with Gasteiger partial charge in [-0.25, -0.2) is 4.99 Å². The summed E-state index contributed by atoms with van der Waals surface area (Å²) >= 11 is 0. The Hall–Kier alpha value is -3.49. The number of guanidine groups is 1. The highest BCUT2D eigenvalue weighted by Gasteiger charge is 2.43. The number of hydrogen-bond acceptors (Lipinski definition) is 8. The molecule has 31 heavy (non-hydrogen) atoms. The summed E-state index contributed by atoms with van der Waals surface area (Å²) in [7, 11) is 1.65. The molecule has 2 aliphatic heterocycles. The van der Waals surface area contributed by atoms with Crippen LogP contribution in [0.3, 0.4) is 0 Å². The van der Waals surface area contributed by atoms with Crippen LogP contribution in [-0.2, 0) is 14.3 Å². The average Bonchev–Trinajstić information content (AvgIpc) is 3.34. The van der Waals surface area contributed by atoms with E-state index in [0.717, 1.165) is 24.5 Å². The van der Waals surface area contributed by atoms with Crippen molar-refractivity contribution in [2.45, 2.75) is 13.0 Å². The molecule has 3 heterocycles. The lowest BCUT2D eigenvalue weighted by molar-refractivity contribution is -0.153. The van der Waals surface area contributed by atoms with E-state index >= 15 is 0 Å². The van der Waals surface area contributed by atoms with Crippen molar-refractivity contribution in [3.8, 4) is 5.75 Å². The fourth-order valence-electron chi connectivity index (χ4n) is 3.87. The van der Waals surface area contributed by atoms with E-state index in [2.05, 4.69) is 21.3 Å². The predicted octanol–water partition coefficient (Wildman–Crippen LogP) is 1.82. The molecule has 2 aliphatic rings. The maximum atomic E-state index is 12.8. The lowest BCUT2D eigenvalue weighted by Crippen LogP contribution is -2.57. The molecule has 164 valence electrons. The van der Waals surface area contributed by atoms with E-state index in [-0.39, 0.29) is 6.61 Å². The van der Waals surface area contributed by atoms with Crippen molar-refractivity contribution in [2.24, 2.45) is 10.9 Å². The number of nitrogens with zero attached hydrogens (tertiary/aromatic N) is 3. The third-order valence-corrected chi connectivity index (χ3v) is 5.47. The zero-order valence-corrected chi connectivity index (χ0v) is 17.6. The molecular formula is C22H26N4O5. The number of benzene rings is 1. The molecule has 1 aromatic carbocycles. The number of piperazine rings is 1. The maximum Gasteiger partial charge on any atom is 0.321 e. The van der Waals surface area contributed by atoms with Crippen molar-refractivity contribution >= 4 is 23.5 Å². The van der Waals surface area contributed by atoms with Gasteiger partial charge in [0.2, 0.25) is 11.9 Å². The first kappa shape index (κ1) is 20.8. The van der Waals surface area contributed by atoms with Crippen molar-refractivity contribution in [1.82, 2.24) is 10.2 Å². The van der Waals surface area contributed by atoms with Gasteiger partial charge in [0, 0.05) is 37.9 Å². The van der Waals surface area contributed by atoms with Gasteiger partial charge in [-0.1, -0.05) is 6.07 Å². The first-order chi connectivity index (χ1) is 15.1. The highest BCUT2D eigenvalue weighted by atomic mass is 16.5. The van der Waals surface area contributed by atoms with Gasteiger partial charge >= 0.3 is 5.97 Å². The number of ether oxygens (including phenoxy) is 2. The molecular weight excluding hydrogens is 400 g/mol. The van der Waals surface area contributed by atoms with Crippen LogP contribution in [0.1, 0.15) is 18.7 Å². The van der Waals surface area contributed by atoms with Gasteiger partial charge in [0.05, 0.1) is 20.0 Å². The van der Waals surface area contributed by atoms with Crippen LogP contribution in [0.25, 0.3) is 0 Å². The van der Waals surface area contributed by atoms with Gasteiger partial charge in [-0.2, -0.15) is 0 Å². The van der Waals surface area contributed by atoms with Crippen molar-refractivity contribution in [2.75, 3.05) is 44.8 Å². The molecule has 2 aromatic rings. The molecule has 1 fully saturated rings. The summed E-state index contributed by atoms with van der Waals surface area (Å²) in [5, 5.41) is 2.80. The minimum atomic E-state index is -1.08. The van der Waals surface area contributed by atoms with Crippen LogP contribution in [-0.4, -0.2) is 62.6 Å². The van der Waals surface area contributed by atoms with E-state index < -0.39 is 23.8 Å². The van der Waals surface area contributed by atoms with E-state index in [9.17, 15) is 9.59 Å². The van der Waals surface area contributed by atoms with Gasteiger partial charge in [-0.05, 0) is 31.2 Å². The van der Waals surface area contributed by atoms with Gasteiger partial charge < -0.3 is 23.7 Å². The van der Waals surface area contributed by atoms with Crippen LogP contribution < -0.4 is 15.0 Å². The van der Waals surface area contributed by atoms with Crippen LogP contribution in [0.4, 0.5) is 5.69 Å². The first-order valence-electron chi connectivity index (χ1n) is 10.3. The summed E-state index contributed by atoms with van der Waals surface area (Å²) in [4.78, 5) is 34.2. The topological polar surface area (TPSA) is 96.6 Å². The van der Waals surface area contributed by atoms with Crippen molar-refractivity contribution in [1.29, 1.82) is 0 Å². The van der Waals surface area contributed by atoms with Crippen LogP contribution in [0.2, 0.25) is 0 Å². The summed E-state index contributed by atoms with van der Waals surface area (Å²) < 4.78 is 15.9. The zero-order valence-electron chi connectivity index (χ0n) is 17.6. The van der Waals surface area contributed by atoms with Crippen LogP contribution in [0, 0.1) is 5.92 Å². The smallest absolute Gasteiger partial charge is 0.321 e. The molecule has 0 aliphatic carbocycles. The molecule has 9 heteroatoms. The van der Waals surface area contributed by atoms with Gasteiger partial charge in [0.1, 0.15) is 17.6 Å². The molecule has 0 spiro atoms. The van der Waals surface area contributed by atoms with Crippen molar-refractivity contribution in [3.05, 3.63) is 48.4 Å². The number of nitrogens with one attached hydrogen (secondary N) is 1. The number of carbonyl (C=O) groups excluding carboxylic acids is 2. The lowest BCUT2D eigenvalue weighted by Gasteiger charge is -2.39. The highest BCUT2D eigenvalue weighted by Crippen LogP contribution is 2.31. The number of carbonyl (C=O) groups is 2. The van der Waals surface area contributed by atoms with Crippen LogP contribution in [0.15, 0.2) is 52.1 Å². The molecule has 0 radical (unpaired) electrons. The Morgan fingerprint density at radius 1 is 1.19 bits per heavy atom. The monoisotopic (exact) mass is 426 g/mol. The number of esters is 1. The van der Waals surface area contributed by atoms with E-state index in [1.165, 1.54) is 6.26 Å². The first-order valence-corrected chi connectivity index (χ1v) is 10.3. The number of rotatable bonds is 5. The Labute approximate surface area is 180 Å². The molecule has 0 saturated carbocycles. The lowest BCUT2D eigenvalue weighted by atomic mass is 9.95. The molecule has 1 aromatic heterocycles. The molecule has 1 saturated heterocycles. The average molecular weight is 426 g/mol. The van der Waals surface area contributed by atoms with E-state index in [0.29, 0.717) is 24.8 Å². The number of methoxy groups -OCH3 is 1. The normalized spacial score (nSPS) is 21.4. The SMILES string of the molecule is CCOC(=O)[C@H]1C(=O)NC(N2CCN(c3cccc(OC)c3)CC2)=N[C@@H]1c1ccco1. The fraction of sp³-hybridized carbons (Fsp3) is 0.409. The largest absolute Gasteiger partial charge is 0.497 e. The molecule has 0 bridgehead atoms. The summed E-state index contributed by atoms with van der Waals surface area (Å²) in [6.45, 7) is 4.76. The second-order valence-corrected chi connectivity index (χ2v) is 7.31. The Morgan fingerprint density at radius 2 is 1.97 bits per heavy atom. The number of furan rings is 1. The number of aliphatic imine (C=N–C) groups is 1.